The summed E-state index contributed by atoms with van der Waals surface area (Å²) in [7, 11) is 0. The van der Waals surface area contributed by atoms with Crippen LogP contribution < -0.4 is 0 Å². The molecule has 0 aliphatic carbocycles. The number of nitrogens with zero attached hydrogens (tertiary/aromatic N) is 5. The minimum atomic E-state index is -0.656. The number of nitro groups is 1. The van der Waals surface area contributed by atoms with E-state index < -0.39 is 10.7 Å². The average Bonchev–Trinajstić information content (AvgIpc) is 2.96. The monoisotopic (exact) mass is 395 g/mol. The third kappa shape index (κ3) is 2.52. The number of nitriles is 1. The highest BCUT2D eigenvalue weighted by Crippen LogP contribution is 2.31. The predicted molar refractivity (Wildman–Crippen MR) is 82.9 cm³/mol. The van der Waals surface area contributed by atoms with Crippen molar-refractivity contribution in [2.75, 3.05) is 0 Å². The van der Waals surface area contributed by atoms with Gasteiger partial charge in [-0.1, -0.05) is 11.6 Å². The first-order valence-electron chi connectivity index (χ1n) is 6.00. The average molecular weight is 397 g/mol. The molecule has 0 amide bonds. The quantitative estimate of drug-likeness (QED) is 0.373. The number of hydrogen-bond donors (Lipinski definition) is 0. The first-order chi connectivity index (χ1) is 10.9. The van der Waals surface area contributed by atoms with Gasteiger partial charge in [0.05, 0.1) is 27.1 Å². The summed E-state index contributed by atoms with van der Waals surface area (Å²) in [5, 5.41) is 24.5. The van der Waals surface area contributed by atoms with E-state index >= 15 is 0 Å². The van der Waals surface area contributed by atoms with E-state index in [1.54, 1.807) is 0 Å². The summed E-state index contributed by atoms with van der Waals surface area (Å²) in [6, 6.07) is 4.02. The van der Waals surface area contributed by atoms with Gasteiger partial charge in [0.2, 0.25) is 0 Å². The Hall–Kier alpha value is -2.57. The lowest BCUT2D eigenvalue weighted by Gasteiger charge is -2.06. The van der Waals surface area contributed by atoms with Crippen LogP contribution in [0.2, 0.25) is 5.02 Å². The fourth-order valence-electron chi connectivity index (χ4n) is 2.07. The molecule has 0 unspecified atom stereocenters. The lowest BCUT2D eigenvalue weighted by molar-refractivity contribution is -0.384. The first kappa shape index (κ1) is 15.3. The van der Waals surface area contributed by atoms with Gasteiger partial charge in [-0.15, -0.1) is 0 Å². The van der Waals surface area contributed by atoms with E-state index in [0.717, 1.165) is 18.3 Å². The molecule has 0 fully saturated rings. The van der Waals surface area contributed by atoms with Crippen molar-refractivity contribution >= 4 is 44.1 Å². The maximum atomic E-state index is 13.8. The summed E-state index contributed by atoms with van der Waals surface area (Å²) in [6.45, 7) is 0. The zero-order valence-electron chi connectivity index (χ0n) is 11.0. The molecule has 0 radical (unpaired) electrons. The van der Waals surface area contributed by atoms with E-state index in [1.807, 2.05) is 6.07 Å². The van der Waals surface area contributed by atoms with Gasteiger partial charge in [0, 0.05) is 18.3 Å². The van der Waals surface area contributed by atoms with Crippen LogP contribution in [0.3, 0.4) is 0 Å². The first-order valence-corrected chi connectivity index (χ1v) is 7.17. The SMILES string of the molecule is N#Cc1cc([N+](=O)[O-])cc(Cl)c1-n1cc2c(Br)ncc(F)c2n1. The van der Waals surface area contributed by atoms with Gasteiger partial charge in [-0.3, -0.25) is 10.1 Å². The van der Waals surface area contributed by atoms with E-state index in [-0.39, 0.29) is 27.5 Å². The Labute approximate surface area is 141 Å². The Morgan fingerprint density at radius 1 is 1.48 bits per heavy atom. The zero-order valence-corrected chi connectivity index (χ0v) is 13.3. The highest BCUT2D eigenvalue weighted by Gasteiger charge is 2.19. The van der Waals surface area contributed by atoms with Crippen LogP contribution in [0.25, 0.3) is 16.6 Å². The van der Waals surface area contributed by atoms with Crippen LogP contribution in [-0.4, -0.2) is 19.7 Å². The molecule has 1 aromatic carbocycles. The molecule has 3 rings (SSSR count). The molecular formula is C13H4BrClFN5O2. The third-order valence-electron chi connectivity index (χ3n) is 3.06. The summed E-state index contributed by atoms with van der Waals surface area (Å²) in [5.41, 5.74) is -0.213. The number of fused-ring (bicyclic) bond motifs is 1. The van der Waals surface area contributed by atoms with Gasteiger partial charge in [-0.2, -0.15) is 10.4 Å². The van der Waals surface area contributed by atoms with E-state index in [2.05, 4.69) is 26.0 Å². The molecule has 114 valence electrons. The second-order valence-corrected chi connectivity index (χ2v) is 5.58. The summed E-state index contributed by atoms with van der Waals surface area (Å²) in [4.78, 5) is 14.0. The van der Waals surface area contributed by atoms with Crippen LogP contribution in [0, 0.1) is 27.3 Å². The molecule has 0 N–H and O–H groups in total. The molecule has 0 saturated heterocycles. The Bertz CT molecular complexity index is 975. The number of nitro benzene ring substituents is 1. The number of pyridine rings is 1. The standard InChI is InChI=1S/C13H4BrClFN5O2/c14-13-8-5-20(19-11(8)10(16)4-18-13)12-6(3-17)1-7(21(22)23)2-9(12)15/h1-2,4-5H. The van der Waals surface area contributed by atoms with Gasteiger partial charge in [0.1, 0.15) is 21.9 Å². The normalized spacial score (nSPS) is 10.7. The molecular weight excluding hydrogens is 393 g/mol. The van der Waals surface area contributed by atoms with E-state index in [9.17, 15) is 19.8 Å². The fraction of sp³-hybridized carbons (Fsp3) is 0. The summed E-state index contributed by atoms with van der Waals surface area (Å²) in [5.74, 6) is -0.640. The molecule has 0 spiro atoms. The molecule has 2 heterocycles. The van der Waals surface area contributed by atoms with Crippen molar-refractivity contribution in [3.63, 3.8) is 0 Å². The Morgan fingerprint density at radius 3 is 2.83 bits per heavy atom. The van der Waals surface area contributed by atoms with Crippen molar-refractivity contribution in [3.8, 4) is 11.8 Å². The molecule has 2 aromatic heterocycles. The van der Waals surface area contributed by atoms with E-state index in [1.165, 1.54) is 10.9 Å². The van der Waals surface area contributed by atoms with Crippen LogP contribution >= 0.6 is 27.5 Å². The van der Waals surface area contributed by atoms with Crippen molar-refractivity contribution in [2.45, 2.75) is 0 Å². The Balaban J connectivity index is 2.31. The highest BCUT2D eigenvalue weighted by molar-refractivity contribution is 9.10. The van der Waals surface area contributed by atoms with Gasteiger partial charge < -0.3 is 0 Å². The van der Waals surface area contributed by atoms with Crippen molar-refractivity contribution in [3.05, 3.63) is 55.6 Å². The second-order valence-electron chi connectivity index (χ2n) is 4.43. The molecule has 0 aliphatic rings. The molecule has 0 saturated carbocycles. The Kier molecular flexibility index (Phi) is 3.71. The zero-order chi connectivity index (χ0) is 16.7. The summed E-state index contributed by atoms with van der Waals surface area (Å²) >= 11 is 9.24. The molecule has 10 heteroatoms. The predicted octanol–water partition coefficient (Wildman–Crippen LogP) is 3.76. The lowest BCUT2D eigenvalue weighted by atomic mass is 10.1. The summed E-state index contributed by atoms with van der Waals surface area (Å²) < 4.78 is 15.4. The second kappa shape index (κ2) is 5.57. The van der Waals surface area contributed by atoms with Crippen molar-refractivity contribution in [1.82, 2.24) is 14.8 Å². The number of halogens is 3. The fourth-order valence-corrected chi connectivity index (χ4v) is 2.76. The van der Waals surface area contributed by atoms with Crippen LogP contribution in [0.15, 0.2) is 29.1 Å². The topological polar surface area (TPSA) is 97.6 Å². The van der Waals surface area contributed by atoms with Crippen LogP contribution in [0.1, 0.15) is 5.56 Å². The number of aromatic nitrogens is 3. The summed E-state index contributed by atoms with van der Waals surface area (Å²) in [6.07, 6.45) is 2.44. The van der Waals surface area contributed by atoms with Crippen LogP contribution in [0.4, 0.5) is 10.1 Å². The minimum Gasteiger partial charge on any atom is -0.258 e. The number of rotatable bonds is 2. The minimum absolute atomic E-state index is 0.0326. The lowest BCUT2D eigenvalue weighted by Crippen LogP contribution is -2.01. The van der Waals surface area contributed by atoms with Crippen LogP contribution in [-0.2, 0) is 0 Å². The molecule has 7 nitrogen and oxygen atoms in total. The van der Waals surface area contributed by atoms with Gasteiger partial charge >= 0.3 is 0 Å². The van der Waals surface area contributed by atoms with E-state index in [0.29, 0.717) is 9.99 Å². The van der Waals surface area contributed by atoms with Crippen molar-refractivity contribution < 1.29 is 9.31 Å². The van der Waals surface area contributed by atoms with Gasteiger partial charge in [0.25, 0.3) is 5.69 Å². The Morgan fingerprint density at radius 2 is 2.22 bits per heavy atom. The molecule has 0 atom stereocenters. The molecule has 3 aromatic rings. The molecule has 0 bridgehead atoms. The van der Waals surface area contributed by atoms with Crippen molar-refractivity contribution in [2.24, 2.45) is 0 Å². The van der Waals surface area contributed by atoms with Gasteiger partial charge in [-0.05, 0) is 15.9 Å². The smallest absolute Gasteiger partial charge is 0.258 e. The van der Waals surface area contributed by atoms with E-state index in [4.69, 9.17) is 11.6 Å². The maximum absolute atomic E-state index is 13.8. The van der Waals surface area contributed by atoms with Crippen LogP contribution in [0.5, 0.6) is 0 Å². The number of benzene rings is 1. The highest BCUT2D eigenvalue weighted by atomic mass is 79.9. The molecule has 23 heavy (non-hydrogen) atoms. The molecule has 0 aliphatic heterocycles. The van der Waals surface area contributed by atoms with Gasteiger partial charge in [0.15, 0.2) is 5.82 Å². The maximum Gasteiger partial charge on any atom is 0.272 e. The third-order valence-corrected chi connectivity index (χ3v) is 3.98. The van der Waals surface area contributed by atoms with Crippen molar-refractivity contribution in [1.29, 1.82) is 5.26 Å². The largest absolute Gasteiger partial charge is 0.272 e. The number of non-ortho nitro benzene ring substituents is 1. The van der Waals surface area contributed by atoms with Gasteiger partial charge in [-0.25, -0.2) is 14.1 Å². The number of hydrogen-bond acceptors (Lipinski definition) is 5.